The van der Waals surface area contributed by atoms with E-state index in [1.165, 1.54) is 24.3 Å². The van der Waals surface area contributed by atoms with Gasteiger partial charge in [0.05, 0.1) is 9.79 Å². The Balaban J connectivity index is 1.71. The van der Waals surface area contributed by atoms with Gasteiger partial charge in [0.2, 0.25) is 9.84 Å². The van der Waals surface area contributed by atoms with E-state index in [0.29, 0.717) is 12.8 Å². The third kappa shape index (κ3) is 3.80. The molecule has 2 aromatic carbocycles. The van der Waals surface area contributed by atoms with Crippen molar-refractivity contribution in [3.05, 3.63) is 58.7 Å². The van der Waals surface area contributed by atoms with Gasteiger partial charge in [-0.1, -0.05) is 13.8 Å². The number of ketones is 6. The number of sulfone groups is 1. The molecule has 4 rings (SSSR count). The zero-order chi connectivity index (χ0) is 25.7. The molecule has 0 aliphatic heterocycles. The van der Waals surface area contributed by atoms with E-state index in [2.05, 4.69) is 0 Å². The van der Waals surface area contributed by atoms with E-state index in [1.807, 2.05) is 0 Å². The second-order valence-corrected chi connectivity index (χ2v) is 10.6. The molecular formula is C26H22O8S. The predicted octanol–water partition coefficient (Wildman–Crippen LogP) is 3.25. The van der Waals surface area contributed by atoms with Crippen molar-refractivity contribution in [3.8, 4) is 0 Å². The SMILES string of the molecule is CCCC(=O)C1C(=O)c2ccc(S(=O)(=O)c3ccc4c(c3)C(=O)C(C(=O)CCC)C4=O)cc2C1=O. The molecule has 0 saturated heterocycles. The first-order valence-corrected chi connectivity index (χ1v) is 12.8. The second-order valence-electron chi connectivity index (χ2n) is 8.67. The summed E-state index contributed by atoms with van der Waals surface area (Å²) in [5.41, 5.74) is -0.280. The quantitative estimate of drug-likeness (QED) is 0.510. The lowest BCUT2D eigenvalue weighted by Gasteiger charge is -2.07. The van der Waals surface area contributed by atoms with Crippen molar-refractivity contribution in [2.24, 2.45) is 11.8 Å². The van der Waals surface area contributed by atoms with Crippen LogP contribution in [0.5, 0.6) is 0 Å². The number of hydrogen-bond donors (Lipinski definition) is 0. The summed E-state index contributed by atoms with van der Waals surface area (Å²) in [7, 11) is -4.26. The molecule has 2 atom stereocenters. The number of carbonyl (C=O) groups is 6. The first kappa shape index (κ1) is 24.5. The summed E-state index contributed by atoms with van der Waals surface area (Å²) in [4.78, 5) is 74.7. The summed E-state index contributed by atoms with van der Waals surface area (Å²) in [5.74, 6) is -6.66. The molecular weight excluding hydrogens is 472 g/mol. The van der Waals surface area contributed by atoms with Crippen molar-refractivity contribution in [1.82, 2.24) is 0 Å². The van der Waals surface area contributed by atoms with Crippen LogP contribution in [0.25, 0.3) is 0 Å². The van der Waals surface area contributed by atoms with Gasteiger partial charge in [0.1, 0.15) is 11.8 Å². The lowest BCUT2D eigenvalue weighted by Crippen LogP contribution is -2.25. The van der Waals surface area contributed by atoms with Gasteiger partial charge < -0.3 is 0 Å². The maximum absolute atomic E-state index is 13.3. The van der Waals surface area contributed by atoms with Gasteiger partial charge in [-0.15, -0.1) is 0 Å². The fourth-order valence-corrected chi connectivity index (χ4v) is 5.89. The number of Topliss-reactive ketones (excluding diaryl/α,β-unsaturated/α-hetero) is 6. The molecule has 0 fully saturated rings. The summed E-state index contributed by atoms with van der Waals surface area (Å²) >= 11 is 0. The minimum Gasteiger partial charge on any atom is -0.298 e. The lowest BCUT2D eigenvalue weighted by atomic mass is 9.96. The highest BCUT2D eigenvalue weighted by Crippen LogP contribution is 2.35. The smallest absolute Gasteiger partial charge is 0.206 e. The maximum atomic E-state index is 13.3. The molecule has 0 heterocycles. The van der Waals surface area contributed by atoms with E-state index in [-0.39, 0.29) is 44.9 Å². The van der Waals surface area contributed by atoms with Crippen LogP contribution in [0.1, 0.15) is 81.0 Å². The van der Waals surface area contributed by atoms with Crippen LogP contribution in [0, 0.1) is 11.8 Å². The zero-order valence-corrected chi connectivity index (χ0v) is 19.9. The number of benzene rings is 2. The first-order valence-electron chi connectivity index (χ1n) is 11.3. The van der Waals surface area contributed by atoms with E-state index in [1.54, 1.807) is 13.8 Å². The summed E-state index contributed by atoms with van der Waals surface area (Å²) in [6.45, 7) is 3.49. The van der Waals surface area contributed by atoms with E-state index in [4.69, 9.17) is 0 Å². The highest BCUT2D eigenvalue weighted by Gasteiger charge is 2.44. The van der Waals surface area contributed by atoms with Gasteiger partial charge in [0, 0.05) is 35.1 Å². The molecule has 9 heteroatoms. The number of rotatable bonds is 8. The van der Waals surface area contributed by atoms with E-state index >= 15 is 0 Å². The molecule has 8 nitrogen and oxygen atoms in total. The monoisotopic (exact) mass is 494 g/mol. The Bertz CT molecular complexity index is 1340. The van der Waals surface area contributed by atoms with Gasteiger partial charge in [-0.25, -0.2) is 8.42 Å². The Morgan fingerprint density at radius 1 is 0.629 bits per heavy atom. The number of fused-ring (bicyclic) bond motifs is 2. The van der Waals surface area contributed by atoms with Gasteiger partial charge in [0.25, 0.3) is 0 Å². The van der Waals surface area contributed by atoms with Gasteiger partial charge in [-0.3, -0.25) is 28.8 Å². The van der Waals surface area contributed by atoms with Gasteiger partial charge >= 0.3 is 0 Å². The molecule has 180 valence electrons. The van der Waals surface area contributed by atoms with Gasteiger partial charge in [-0.05, 0) is 49.2 Å². The molecule has 2 aliphatic carbocycles. The fourth-order valence-electron chi connectivity index (χ4n) is 4.58. The van der Waals surface area contributed by atoms with E-state index in [9.17, 15) is 37.2 Å². The maximum Gasteiger partial charge on any atom is 0.206 e. The third-order valence-corrected chi connectivity index (χ3v) is 8.10. The summed E-state index contributed by atoms with van der Waals surface area (Å²) in [5, 5.41) is 0. The van der Waals surface area contributed by atoms with Crippen molar-refractivity contribution < 1.29 is 37.2 Å². The molecule has 2 aromatic rings. The topological polar surface area (TPSA) is 137 Å². The molecule has 0 spiro atoms. The van der Waals surface area contributed by atoms with Crippen molar-refractivity contribution >= 4 is 44.5 Å². The van der Waals surface area contributed by atoms with Gasteiger partial charge in [0.15, 0.2) is 34.7 Å². The molecule has 2 unspecified atom stereocenters. The highest BCUT2D eigenvalue weighted by atomic mass is 32.2. The molecule has 0 saturated carbocycles. The fraction of sp³-hybridized carbons (Fsp3) is 0.308. The van der Waals surface area contributed by atoms with Crippen molar-refractivity contribution in [2.75, 3.05) is 0 Å². The zero-order valence-electron chi connectivity index (χ0n) is 19.1. The Hall–Kier alpha value is -3.59. The van der Waals surface area contributed by atoms with Crippen LogP contribution in [0.15, 0.2) is 46.2 Å². The van der Waals surface area contributed by atoms with Crippen molar-refractivity contribution in [3.63, 3.8) is 0 Å². The van der Waals surface area contributed by atoms with Gasteiger partial charge in [-0.2, -0.15) is 0 Å². The molecule has 0 bridgehead atoms. The highest BCUT2D eigenvalue weighted by molar-refractivity contribution is 7.91. The van der Waals surface area contributed by atoms with Crippen molar-refractivity contribution in [1.29, 1.82) is 0 Å². The molecule has 0 N–H and O–H groups in total. The Morgan fingerprint density at radius 3 is 1.31 bits per heavy atom. The van der Waals surface area contributed by atoms with Crippen LogP contribution in [0.4, 0.5) is 0 Å². The largest absolute Gasteiger partial charge is 0.298 e. The number of carbonyl (C=O) groups excluding carboxylic acids is 6. The Labute approximate surface area is 201 Å². The van der Waals surface area contributed by atoms with Crippen molar-refractivity contribution in [2.45, 2.75) is 49.3 Å². The minimum atomic E-state index is -4.26. The lowest BCUT2D eigenvalue weighted by molar-refractivity contribution is -0.121. The first-order chi connectivity index (χ1) is 16.5. The standard InChI is InChI=1S/C26H22O8S/c1-3-5-19(27)21-23(29)15-9-7-13(11-17(15)25(21)31)35(33,34)14-8-10-16-18(12-14)26(32)22(24(16)30)20(28)6-4-2/h7-12,21-22H,3-6H2,1-2H3. The predicted molar refractivity (Wildman–Crippen MR) is 122 cm³/mol. The van der Waals surface area contributed by atoms with Crippen LogP contribution in [-0.2, 0) is 19.4 Å². The molecule has 0 amide bonds. The molecule has 2 aliphatic rings. The Kier molecular flexibility index (Phi) is 6.23. The summed E-state index contributed by atoms with van der Waals surface area (Å²) in [6, 6.07) is 6.89. The van der Waals surface area contributed by atoms with Crippen LogP contribution < -0.4 is 0 Å². The summed E-state index contributed by atoms with van der Waals surface area (Å²) < 4.78 is 26.6. The van der Waals surface area contributed by atoms with Crippen LogP contribution >= 0.6 is 0 Å². The normalized spacial score (nSPS) is 19.1. The Morgan fingerprint density at radius 2 is 0.971 bits per heavy atom. The average Bonchev–Trinajstić information content (AvgIpc) is 3.23. The van der Waals surface area contributed by atoms with Crippen LogP contribution in [-0.4, -0.2) is 43.1 Å². The second kappa shape index (κ2) is 8.88. The minimum absolute atomic E-state index is 0.00425. The molecule has 0 radical (unpaired) electrons. The van der Waals surface area contributed by atoms with Crippen LogP contribution in [0.3, 0.4) is 0 Å². The van der Waals surface area contributed by atoms with E-state index in [0.717, 1.165) is 12.1 Å². The summed E-state index contributed by atoms with van der Waals surface area (Å²) in [6.07, 6.45) is 1.06. The van der Waals surface area contributed by atoms with Crippen LogP contribution in [0.2, 0.25) is 0 Å². The average molecular weight is 495 g/mol. The number of hydrogen-bond acceptors (Lipinski definition) is 8. The molecule has 0 aromatic heterocycles. The molecule has 35 heavy (non-hydrogen) atoms. The van der Waals surface area contributed by atoms with E-state index < -0.39 is 56.4 Å². The third-order valence-electron chi connectivity index (χ3n) is 6.35.